The molecule has 4 nitrogen and oxygen atoms in total. The van der Waals surface area contributed by atoms with Crippen LogP contribution in [0.4, 0.5) is 5.69 Å². The minimum atomic E-state index is -0.351. The van der Waals surface area contributed by atoms with Crippen molar-refractivity contribution in [3.05, 3.63) is 35.9 Å². The third-order valence-corrected chi connectivity index (χ3v) is 2.21. The molecule has 1 heterocycles. The van der Waals surface area contributed by atoms with Crippen molar-refractivity contribution in [3.8, 4) is 0 Å². The summed E-state index contributed by atoms with van der Waals surface area (Å²) in [6.45, 7) is 0.996. The van der Waals surface area contributed by atoms with E-state index in [1.54, 1.807) is 18.2 Å². The van der Waals surface area contributed by atoms with Crippen LogP contribution in [0, 0.1) is 0 Å². The van der Waals surface area contributed by atoms with E-state index in [9.17, 15) is 4.79 Å². The Morgan fingerprint density at radius 1 is 1.50 bits per heavy atom. The Morgan fingerprint density at radius 2 is 2.31 bits per heavy atom. The predicted octanol–water partition coefficient (Wildman–Crippen LogP) is 1.22. The highest BCUT2D eigenvalue weighted by Gasteiger charge is 2.21. The van der Waals surface area contributed by atoms with E-state index >= 15 is 0 Å². The number of ether oxygens (including phenoxy) is 2. The van der Waals surface area contributed by atoms with Crippen molar-refractivity contribution in [1.82, 2.24) is 0 Å². The first-order valence-electron chi connectivity index (χ1n) is 5.06. The second-order valence-corrected chi connectivity index (χ2v) is 3.60. The topological polar surface area (TPSA) is 61.6 Å². The maximum atomic E-state index is 11.3. The summed E-state index contributed by atoms with van der Waals surface area (Å²) in [6.07, 6.45) is 2.99. The molecule has 1 aromatic carbocycles. The van der Waals surface area contributed by atoms with Gasteiger partial charge in [0, 0.05) is 11.8 Å². The average molecular weight is 219 g/mol. The summed E-state index contributed by atoms with van der Waals surface area (Å²) in [6, 6.07) is 7.28. The number of anilines is 1. The van der Waals surface area contributed by atoms with Crippen LogP contribution in [-0.2, 0) is 14.3 Å². The maximum Gasteiger partial charge on any atom is 0.331 e. The Labute approximate surface area is 93.7 Å². The Hall–Kier alpha value is -1.81. The van der Waals surface area contributed by atoms with Gasteiger partial charge in [0.1, 0.15) is 6.10 Å². The van der Waals surface area contributed by atoms with E-state index in [1.165, 1.54) is 6.08 Å². The molecule has 0 amide bonds. The van der Waals surface area contributed by atoms with Gasteiger partial charge in [-0.15, -0.1) is 0 Å². The van der Waals surface area contributed by atoms with E-state index < -0.39 is 0 Å². The van der Waals surface area contributed by atoms with Crippen molar-refractivity contribution in [3.63, 3.8) is 0 Å². The highest BCUT2D eigenvalue weighted by Crippen LogP contribution is 2.09. The first-order chi connectivity index (χ1) is 7.74. The third kappa shape index (κ3) is 2.84. The van der Waals surface area contributed by atoms with Crippen LogP contribution in [0.3, 0.4) is 0 Å². The highest BCUT2D eigenvalue weighted by molar-refractivity contribution is 5.87. The number of rotatable bonds is 3. The lowest BCUT2D eigenvalue weighted by molar-refractivity contribution is -0.166. The van der Waals surface area contributed by atoms with E-state index in [4.69, 9.17) is 15.2 Å². The molecule has 1 aromatic rings. The normalized spacial score (nSPS) is 16.0. The second-order valence-electron chi connectivity index (χ2n) is 3.60. The van der Waals surface area contributed by atoms with Crippen LogP contribution in [0.1, 0.15) is 5.56 Å². The maximum absolute atomic E-state index is 11.3. The van der Waals surface area contributed by atoms with Crippen LogP contribution >= 0.6 is 0 Å². The van der Waals surface area contributed by atoms with Gasteiger partial charge in [-0.1, -0.05) is 12.1 Å². The van der Waals surface area contributed by atoms with Crippen LogP contribution in [0.5, 0.6) is 0 Å². The lowest BCUT2D eigenvalue weighted by Gasteiger charge is -2.24. The summed E-state index contributed by atoms with van der Waals surface area (Å²) in [5.74, 6) is -0.351. The number of hydrogen-bond acceptors (Lipinski definition) is 4. The number of nitrogen functional groups attached to an aromatic ring is 1. The molecule has 1 aliphatic heterocycles. The van der Waals surface area contributed by atoms with E-state index in [1.807, 2.05) is 12.1 Å². The zero-order valence-corrected chi connectivity index (χ0v) is 8.76. The summed E-state index contributed by atoms with van der Waals surface area (Å²) in [7, 11) is 0. The van der Waals surface area contributed by atoms with Crippen molar-refractivity contribution in [2.45, 2.75) is 6.10 Å². The molecule has 0 aliphatic carbocycles. The number of nitrogens with two attached hydrogens (primary N) is 1. The number of benzene rings is 1. The minimum Gasteiger partial charge on any atom is -0.454 e. The fourth-order valence-electron chi connectivity index (χ4n) is 1.31. The van der Waals surface area contributed by atoms with Gasteiger partial charge in [0.05, 0.1) is 13.2 Å². The Kier molecular flexibility index (Phi) is 3.22. The molecule has 0 radical (unpaired) electrons. The van der Waals surface area contributed by atoms with Crippen molar-refractivity contribution >= 4 is 17.7 Å². The molecule has 2 N–H and O–H groups in total. The molecule has 2 rings (SSSR count). The molecular weight excluding hydrogens is 206 g/mol. The van der Waals surface area contributed by atoms with Crippen LogP contribution in [0.2, 0.25) is 0 Å². The molecule has 0 unspecified atom stereocenters. The second kappa shape index (κ2) is 4.81. The van der Waals surface area contributed by atoms with Crippen molar-refractivity contribution in [2.75, 3.05) is 18.9 Å². The molecule has 0 aromatic heterocycles. The van der Waals surface area contributed by atoms with E-state index in [-0.39, 0.29) is 12.1 Å². The Bertz CT molecular complexity index is 410. The average Bonchev–Trinajstić information content (AvgIpc) is 2.21. The van der Waals surface area contributed by atoms with Gasteiger partial charge in [0.25, 0.3) is 0 Å². The van der Waals surface area contributed by atoms with Crippen molar-refractivity contribution in [2.24, 2.45) is 0 Å². The molecule has 1 saturated heterocycles. The summed E-state index contributed by atoms with van der Waals surface area (Å²) in [5.41, 5.74) is 7.16. The van der Waals surface area contributed by atoms with Crippen LogP contribution in [0.25, 0.3) is 6.08 Å². The Balaban J connectivity index is 1.90. The van der Waals surface area contributed by atoms with E-state index in [0.717, 1.165) is 5.56 Å². The van der Waals surface area contributed by atoms with Gasteiger partial charge in [-0.05, 0) is 23.8 Å². The molecule has 4 heteroatoms. The van der Waals surface area contributed by atoms with Gasteiger partial charge >= 0.3 is 5.97 Å². The molecule has 1 aliphatic rings. The Morgan fingerprint density at radius 3 is 2.94 bits per heavy atom. The molecule has 84 valence electrons. The molecule has 0 bridgehead atoms. The zero-order valence-electron chi connectivity index (χ0n) is 8.76. The monoisotopic (exact) mass is 219 g/mol. The molecular formula is C12H13NO3. The van der Waals surface area contributed by atoms with Gasteiger partial charge in [-0.2, -0.15) is 0 Å². The van der Waals surface area contributed by atoms with Crippen LogP contribution in [0.15, 0.2) is 30.3 Å². The molecule has 1 fully saturated rings. The molecule has 0 saturated carbocycles. The fourth-order valence-corrected chi connectivity index (χ4v) is 1.31. The quantitative estimate of drug-likeness (QED) is 0.471. The lowest BCUT2D eigenvalue weighted by Crippen LogP contribution is -2.37. The van der Waals surface area contributed by atoms with Crippen molar-refractivity contribution in [1.29, 1.82) is 0 Å². The van der Waals surface area contributed by atoms with Crippen molar-refractivity contribution < 1.29 is 14.3 Å². The van der Waals surface area contributed by atoms with Gasteiger partial charge in [-0.25, -0.2) is 4.79 Å². The first-order valence-corrected chi connectivity index (χ1v) is 5.06. The molecule has 16 heavy (non-hydrogen) atoms. The zero-order chi connectivity index (χ0) is 11.4. The lowest BCUT2D eigenvalue weighted by atomic mass is 10.2. The van der Waals surface area contributed by atoms with E-state index in [0.29, 0.717) is 18.9 Å². The molecule has 0 spiro atoms. The standard InChI is InChI=1S/C12H13NO3/c13-10-3-1-2-9(6-10)4-5-12(14)16-11-7-15-8-11/h1-6,11H,7-8,13H2/b5-4+. The fraction of sp³-hybridized carbons (Fsp3) is 0.250. The van der Waals surface area contributed by atoms with Gasteiger partial charge in [0.15, 0.2) is 0 Å². The summed E-state index contributed by atoms with van der Waals surface area (Å²) < 4.78 is 9.95. The predicted molar refractivity (Wildman–Crippen MR) is 60.6 cm³/mol. The number of hydrogen-bond donors (Lipinski definition) is 1. The van der Waals surface area contributed by atoms with Gasteiger partial charge < -0.3 is 15.2 Å². The van der Waals surface area contributed by atoms with Gasteiger partial charge in [-0.3, -0.25) is 0 Å². The largest absolute Gasteiger partial charge is 0.454 e. The summed E-state index contributed by atoms with van der Waals surface area (Å²) >= 11 is 0. The smallest absolute Gasteiger partial charge is 0.331 e. The summed E-state index contributed by atoms with van der Waals surface area (Å²) in [5, 5.41) is 0. The summed E-state index contributed by atoms with van der Waals surface area (Å²) in [4.78, 5) is 11.3. The van der Waals surface area contributed by atoms with E-state index in [2.05, 4.69) is 0 Å². The van der Waals surface area contributed by atoms with Gasteiger partial charge in [0.2, 0.25) is 0 Å². The number of esters is 1. The van der Waals surface area contributed by atoms with Crippen LogP contribution in [-0.4, -0.2) is 25.3 Å². The van der Waals surface area contributed by atoms with Crippen LogP contribution < -0.4 is 5.73 Å². The third-order valence-electron chi connectivity index (χ3n) is 2.21. The SMILES string of the molecule is Nc1cccc(/C=C/C(=O)OC2COC2)c1. The minimum absolute atomic E-state index is 0.0852. The molecule has 0 atom stereocenters. The first kappa shape index (κ1) is 10.7. The number of carbonyl (C=O) groups is 1. The number of carbonyl (C=O) groups excluding carboxylic acids is 1. The highest BCUT2D eigenvalue weighted by atomic mass is 16.6.